The Morgan fingerprint density at radius 3 is 2.08 bits per heavy atom. The van der Waals surface area contributed by atoms with Crippen LogP contribution in [-0.2, 0) is 20.3 Å². The highest BCUT2D eigenvalue weighted by Gasteiger charge is 2.44. The molecule has 1 heterocycles. The van der Waals surface area contributed by atoms with Crippen molar-refractivity contribution in [3.05, 3.63) is 35.4 Å². The summed E-state index contributed by atoms with van der Waals surface area (Å²) in [5, 5.41) is 1.01. The second kappa shape index (κ2) is 6.41. The Labute approximate surface area is 146 Å². The fourth-order valence-electron chi connectivity index (χ4n) is 2.96. The number of rotatable bonds is 3. The second-order valence-corrected chi connectivity index (χ2v) is 10.5. The van der Waals surface area contributed by atoms with Crippen molar-refractivity contribution in [2.45, 2.75) is 63.8 Å². The van der Waals surface area contributed by atoms with E-state index < -0.39 is 20.8 Å². The minimum absolute atomic E-state index is 0.0654. The number of benzene rings is 1. The molecule has 1 aliphatic heterocycles. The van der Waals surface area contributed by atoms with Crippen molar-refractivity contribution >= 4 is 10.0 Å². The first-order valence-electron chi connectivity index (χ1n) is 8.30. The summed E-state index contributed by atoms with van der Waals surface area (Å²) >= 11 is 0. The van der Waals surface area contributed by atoms with Crippen molar-refractivity contribution < 1.29 is 13.3 Å². The first kappa shape index (κ1) is 19.4. The van der Waals surface area contributed by atoms with Crippen LogP contribution in [0.4, 0.5) is 0 Å². The van der Waals surface area contributed by atoms with Gasteiger partial charge in [0.1, 0.15) is 5.25 Å². The van der Waals surface area contributed by atoms with Gasteiger partial charge in [0.15, 0.2) is 0 Å². The number of hydrogen-bond acceptors (Lipinski definition) is 4. The van der Waals surface area contributed by atoms with E-state index >= 15 is 0 Å². The Morgan fingerprint density at radius 1 is 1.08 bits per heavy atom. The van der Waals surface area contributed by atoms with Gasteiger partial charge in [0.05, 0.1) is 12.6 Å². The summed E-state index contributed by atoms with van der Waals surface area (Å²) in [6.45, 7) is 12.2. The van der Waals surface area contributed by atoms with Gasteiger partial charge in [-0.3, -0.25) is 4.84 Å². The van der Waals surface area contributed by atoms with Gasteiger partial charge >= 0.3 is 0 Å². The van der Waals surface area contributed by atoms with Crippen LogP contribution < -0.4 is 4.72 Å². The van der Waals surface area contributed by atoms with Crippen molar-refractivity contribution in [1.82, 2.24) is 9.79 Å². The molecule has 1 aromatic carbocycles. The molecule has 2 rings (SSSR count). The Hall–Kier alpha value is -0.950. The van der Waals surface area contributed by atoms with Crippen molar-refractivity contribution in [3.8, 4) is 0 Å². The van der Waals surface area contributed by atoms with E-state index in [1.165, 1.54) is 5.56 Å². The SMILES string of the molecule is CN1OC[C@H](S(=O)(=O)NC(C)(C)C)[C@@H]1c1ccc(C(C)(C)C)cc1. The Bertz CT molecular complexity index is 670. The molecule has 136 valence electrons. The zero-order valence-electron chi connectivity index (χ0n) is 15.8. The van der Waals surface area contributed by atoms with Crippen molar-refractivity contribution in [2.24, 2.45) is 0 Å². The molecule has 0 amide bonds. The maximum Gasteiger partial charge on any atom is 0.219 e. The first-order valence-corrected chi connectivity index (χ1v) is 9.85. The minimum atomic E-state index is -3.50. The smallest absolute Gasteiger partial charge is 0.219 e. The van der Waals surface area contributed by atoms with Crippen LogP contribution in [0.2, 0.25) is 0 Å². The highest BCUT2D eigenvalue weighted by Crippen LogP contribution is 2.34. The summed E-state index contributed by atoms with van der Waals surface area (Å²) in [4.78, 5) is 5.54. The quantitative estimate of drug-likeness (QED) is 0.906. The number of hydroxylamine groups is 2. The molecular weight excluding hydrogens is 324 g/mol. The van der Waals surface area contributed by atoms with Crippen LogP contribution >= 0.6 is 0 Å². The van der Waals surface area contributed by atoms with E-state index in [-0.39, 0.29) is 18.1 Å². The van der Waals surface area contributed by atoms with Crippen LogP contribution in [0.3, 0.4) is 0 Å². The molecule has 5 nitrogen and oxygen atoms in total. The number of nitrogens with one attached hydrogen (secondary N) is 1. The van der Waals surface area contributed by atoms with E-state index in [1.807, 2.05) is 32.9 Å². The molecule has 0 aromatic heterocycles. The van der Waals surface area contributed by atoms with Gasteiger partial charge in [-0.05, 0) is 37.3 Å². The predicted octanol–water partition coefficient (Wildman–Crippen LogP) is 2.99. The van der Waals surface area contributed by atoms with E-state index in [1.54, 1.807) is 12.1 Å². The monoisotopic (exact) mass is 354 g/mol. The summed E-state index contributed by atoms with van der Waals surface area (Å²) in [7, 11) is -1.72. The molecule has 1 saturated heterocycles. The molecule has 1 fully saturated rings. The lowest BCUT2D eigenvalue weighted by molar-refractivity contribution is -0.110. The van der Waals surface area contributed by atoms with E-state index in [0.717, 1.165) is 5.56 Å². The standard InChI is InChI=1S/C18H30N2O3S/c1-17(2,3)14-10-8-13(9-11-14)16-15(12-23-20(16)7)24(21,22)19-18(4,5)6/h8-11,15-16,19H,12H2,1-7H3/t15-,16-/m0/s1. The number of sulfonamides is 1. The lowest BCUT2D eigenvalue weighted by Crippen LogP contribution is -2.47. The minimum Gasteiger partial charge on any atom is -0.297 e. The topological polar surface area (TPSA) is 58.6 Å². The molecule has 2 atom stereocenters. The van der Waals surface area contributed by atoms with E-state index in [4.69, 9.17) is 4.84 Å². The predicted molar refractivity (Wildman–Crippen MR) is 97.2 cm³/mol. The average Bonchev–Trinajstić information content (AvgIpc) is 2.78. The molecule has 1 aromatic rings. The van der Waals surface area contributed by atoms with Crippen LogP contribution in [0.1, 0.15) is 58.7 Å². The van der Waals surface area contributed by atoms with Gasteiger partial charge in [0.2, 0.25) is 10.0 Å². The maximum absolute atomic E-state index is 12.8. The molecular formula is C18H30N2O3S. The molecule has 0 bridgehead atoms. The van der Waals surface area contributed by atoms with Crippen LogP contribution in [0.15, 0.2) is 24.3 Å². The third-order valence-corrected chi connectivity index (χ3v) is 6.24. The molecule has 0 saturated carbocycles. The van der Waals surface area contributed by atoms with Crippen LogP contribution in [0.5, 0.6) is 0 Å². The summed E-state index contributed by atoms with van der Waals surface area (Å²) < 4.78 is 28.3. The van der Waals surface area contributed by atoms with E-state index in [0.29, 0.717) is 0 Å². The molecule has 0 radical (unpaired) electrons. The lowest BCUT2D eigenvalue weighted by atomic mass is 9.86. The molecule has 1 N–H and O–H groups in total. The highest BCUT2D eigenvalue weighted by molar-refractivity contribution is 7.90. The highest BCUT2D eigenvalue weighted by atomic mass is 32.2. The zero-order valence-corrected chi connectivity index (χ0v) is 16.6. The normalized spacial score (nSPS) is 23.6. The van der Waals surface area contributed by atoms with Crippen LogP contribution in [0, 0.1) is 0 Å². The van der Waals surface area contributed by atoms with Gasteiger partial charge in [-0.25, -0.2) is 13.1 Å². The molecule has 0 unspecified atom stereocenters. The van der Waals surface area contributed by atoms with Gasteiger partial charge in [0, 0.05) is 12.6 Å². The van der Waals surface area contributed by atoms with Gasteiger partial charge in [-0.2, -0.15) is 5.06 Å². The Balaban J connectivity index is 2.33. The van der Waals surface area contributed by atoms with Crippen molar-refractivity contribution in [1.29, 1.82) is 0 Å². The fraction of sp³-hybridized carbons (Fsp3) is 0.667. The summed E-state index contributed by atoms with van der Waals surface area (Å²) in [6, 6.07) is 7.84. The molecule has 1 aliphatic rings. The molecule has 0 spiro atoms. The number of hydrogen-bond donors (Lipinski definition) is 1. The summed E-state index contributed by atoms with van der Waals surface area (Å²) in [5.74, 6) is 0. The zero-order chi connectivity index (χ0) is 18.3. The van der Waals surface area contributed by atoms with Crippen LogP contribution in [-0.4, -0.2) is 37.9 Å². The summed E-state index contributed by atoms with van der Waals surface area (Å²) in [6.07, 6.45) is 0. The maximum atomic E-state index is 12.8. The third-order valence-electron chi connectivity index (χ3n) is 4.15. The fourth-order valence-corrected chi connectivity index (χ4v) is 4.88. The van der Waals surface area contributed by atoms with Gasteiger partial charge in [0.25, 0.3) is 0 Å². The van der Waals surface area contributed by atoms with Gasteiger partial charge in [-0.15, -0.1) is 0 Å². The second-order valence-electron chi connectivity index (χ2n) is 8.59. The van der Waals surface area contributed by atoms with Crippen molar-refractivity contribution in [2.75, 3.05) is 13.7 Å². The Kier molecular flexibility index (Phi) is 5.17. The Morgan fingerprint density at radius 2 is 1.62 bits per heavy atom. The van der Waals surface area contributed by atoms with E-state index in [9.17, 15) is 8.42 Å². The molecule has 0 aliphatic carbocycles. The molecule has 6 heteroatoms. The number of nitrogens with zero attached hydrogens (tertiary/aromatic N) is 1. The average molecular weight is 355 g/mol. The lowest BCUT2D eigenvalue weighted by Gasteiger charge is -2.27. The third kappa shape index (κ3) is 4.36. The summed E-state index contributed by atoms with van der Waals surface area (Å²) in [5.41, 5.74) is 1.73. The first-order chi connectivity index (χ1) is 10.8. The molecule has 24 heavy (non-hydrogen) atoms. The van der Waals surface area contributed by atoms with Gasteiger partial charge in [-0.1, -0.05) is 45.0 Å². The van der Waals surface area contributed by atoms with E-state index in [2.05, 4.69) is 37.6 Å². The largest absolute Gasteiger partial charge is 0.297 e. The van der Waals surface area contributed by atoms with Gasteiger partial charge < -0.3 is 0 Å². The van der Waals surface area contributed by atoms with Crippen LogP contribution in [0.25, 0.3) is 0 Å². The van der Waals surface area contributed by atoms with Crippen molar-refractivity contribution in [3.63, 3.8) is 0 Å².